The molecule has 174 valence electrons. The molecule has 0 aromatic heterocycles. The first-order valence-corrected chi connectivity index (χ1v) is 11.2. The Morgan fingerprint density at radius 1 is 0.909 bits per heavy atom. The predicted molar refractivity (Wildman–Crippen MR) is 126 cm³/mol. The quantitative estimate of drug-likeness (QED) is 0.623. The molecule has 0 radical (unpaired) electrons. The summed E-state index contributed by atoms with van der Waals surface area (Å²) in [5, 5.41) is 0. The summed E-state index contributed by atoms with van der Waals surface area (Å²) < 4.78 is 17.4. The van der Waals surface area contributed by atoms with Gasteiger partial charge in [-0.1, -0.05) is 30.3 Å². The molecule has 2 amide bonds. The monoisotopic (exact) mass is 450 g/mol. The lowest BCUT2D eigenvalue weighted by Gasteiger charge is -2.37. The molecule has 7 nitrogen and oxygen atoms in total. The highest BCUT2D eigenvalue weighted by Gasteiger charge is 2.45. The Morgan fingerprint density at radius 2 is 1.52 bits per heavy atom. The molecular weight excluding hydrogens is 420 g/mol. The van der Waals surface area contributed by atoms with Crippen molar-refractivity contribution in [3.8, 4) is 11.5 Å². The normalized spacial score (nSPS) is 21.3. The molecule has 1 fully saturated rings. The molecule has 2 heterocycles. The number of para-hydroxylation sites is 3. The highest BCUT2D eigenvalue weighted by Crippen LogP contribution is 2.41. The molecule has 1 saturated heterocycles. The number of carbonyl (C=O) groups is 2. The van der Waals surface area contributed by atoms with Gasteiger partial charge < -0.3 is 19.1 Å². The molecule has 4 rings (SSSR count). The molecule has 2 atom stereocenters. The summed E-state index contributed by atoms with van der Waals surface area (Å²) in [6.45, 7) is 8.77. The van der Waals surface area contributed by atoms with Gasteiger partial charge in [-0.05, 0) is 45.9 Å². The van der Waals surface area contributed by atoms with Crippen LogP contribution in [0.5, 0.6) is 11.5 Å². The molecule has 0 bridgehead atoms. The van der Waals surface area contributed by atoms with Crippen molar-refractivity contribution in [1.29, 1.82) is 0 Å². The summed E-state index contributed by atoms with van der Waals surface area (Å²) >= 11 is 0. The Morgan fingerprint density at radius 3 is 2.15 bits per heavy atom. The number of anilines is 1. The van der Waals surface area contributed by atoms with Crippen molar-refractivity contribution in [2.45, 2.75) is 46.0 Å². The lowest BCUT2D eigenvalue weighted by atomic mass is 10.0. The Bertz CT molecular complexity index is 1080. The van der Waals surface area contributed by atoms with Gasteiger partial charge in [-0.15, -0.1) is 0 Å². The minimum absolute atomic E-state index is 0.0753. The molecule has 2 aromatic rings. The lowest BCUT2D eigenvalue weighted by molar-refractivity contribution is -0.121. The fourth-order valence-corrected chi connectivity index (χ4v) is 4.48. The van der Waals surface area contributed by atoms with Gasteiger partial charge in [-0.25, -0.2) is 4.90 Å². The molecule has 2 aliphatic rings. The van der Waals surface area contributed by atoms with Crippen LogP contribution in [0.25, 0.3) is 5.57 Å². The van der Waals surface area contributed by atoms with Crippen LogP contribution in [0.2, 0.25) is 0 Å². The molecule has 0 spiro atoms. The standard InChI is InChI=1S/C26H30N2O5/c1-16(2)32-22-13-9-7-11-20(22)28-25(29)23(19-10-6-8-12-21(19)31-5)24(26(28)30)27-14-17(3)33-18(4)15-27/h6-13,16-18H,14-15H2,1-5H3. The van der Waals surface area contributed by atoms with Gasteiger partial charge in [0.25, 0.3) is 11.8 Å². The zero-order valence-corrected chi connectivity index (χ0v) is 19.7. The molecule has 2 unspecified atom stereocenters. The Kier molecular flexibility index (Phi) is 6.42. The number of imide groups is 1. The van der Waals surface area contributed by atoms with Crippen molar-refractivity contribution >= 4 is 23.1 Å². The molecule has 0 N–H and O–H groups in total. The molecule has 2 aliphatic heterocycles. The molecule has 2 aromatic carbocycles. The number of morpholine rings is 1. The Balaban J connectivity index is 1.87. The average Bonchev–Trinajstić information content (AvgIpc) is 3.03. The first-order chi connectivity index (χ1) is 15.8. The van der Waals surface area contributed by atoms with E-state index in [2.05, 4.69) is 0 Å². The van der Waals surface area contributed by atoms with Gasteiger partial charge in [0.15, 0.2) is 0 Å². The zero-order chi connectivity index (χ0) is 23.7. The largest absolute Gasteiger partial charge is 0.496 e. The topological polar surface area (TPSA) is 68.3 Å². The van der Waals surface area contributed by atoms with Crippen LogP contribution in [-0.4, -0.2) is 55.2 Å². The van der Waals surface area contributed by atoms with Crippen molar-refractivity contribution in [2.75, 3.05) is 25.1 Å². The van der Waals surface area contributed by atoms with E-state index in [0.717, 1.165) is 0 Å². The number of hydrogen-bond donors (Lipinski definition) is 0. The van der Waals surface area contributed by atoms with Gasteiger partial charge in [0, 0.05) is 18.7 Å². The van der Waals surface area contributed by atoms with Crippen LogP contribution in [0.1, 0.15) is 33.3 Å². The minimum atomic E-state index is -0.397. The second kappa shape index (κ2) is 9.27. The third kappa shape index (κ3) is 4.33. The molecular formula is C26H30N2O5. The zero-order valence-electron chi connectivity index (χ0n) is 19.7. The van der Waals surface area contributed by atoms with Crippen molar-refractivity contribution < 1.29 is 23.8 Å². The maximum absolute atomic E-state index is 13.9. The van der Waals surface area contributed by atoms with Gasteiger partial charge in [-0.3, -0.25) is 9.59 Å². The summed E-state index contributed by atoms with van der Waals surface area (Å²) in [7, 11) is 1.56. The van der Waals surface area contributed by atoms with E-state index in [1.807, 2.05) is 56.9 Å². The Labute approximate surface area is 194 Å². The summed E-state index contributed by atoms with van der Waals surface area (Å²) in [6.07, 6.45) is -0.261. The first-order valence-electron chi connectivity index (χ1n) is 11.2. The van der Waals surface area contributed by atoms with Gasteiger partial charge in [0.05, 0.1) is 36.7 Å². The van der Waals surface area contributed by atoms with Gasteiger partial charge >= 0.3 is 0 Å². The average molecular weight is 451 g/mol. The van der Waals surface area contributed by atoms with E-state index in [-0.39, 0.29) is 24.2 Å². The van der Waals surface area contributed by atoms with Crippen molar-refractivity contribution in [1.82, 2.24) is 4.90 Å². The molecule has 33 heavy (non-hydrogen) atoms. The number of amides is 2. The van der Waals surface area contributed by atoms with Crippen LogP contribution < -0.4 is 14.4 Å². The van der Waals surface area contributed by atoms with Crippen LogP contribution >= 0.6 is 0 Å². The smallest absolute Gasteiger partial charge is 0.282 e. The van der Waals surface area contributed by atoms with Gasteiger partial charge in [0.2, 0.25) is 0 Å². The predicted octanol–water partition coefficient (Wildman–Crippen LogP) is 3.88. The van der Waals surface area contributed by atoms with E-state index in [4.69, 9.17) is 14.2 Å². The minimum Gasteiger partial charge on any atom is -0.496 e. The highest BCUT2D eigenvalue weighted by molar-refractivity contribution is 6.46. The van der Waals surface area contributed by atoms with E-state index in [1.165, 1.54) is 4.90 Å². The summed E-state index contributed by atoms with van der Waals surface area (Å²) in [5.74, 6) is 0.251. The van der Waals surface area contributed by atoms with Crippen LogP contribution in [0.4, 0.5) is 5.69 Å². The highest BCUT2D eigenvalue weighted by atomic mass is 16.5. The van der Waals surface area contributed by atoms with Crippen LogP contribution in [0, 0.1) is 0 Å². The fraction of sp³-hybridized carbons (Fsp3) is 0.385. The fourth-order valence-electron chi connectivity index (χ4n) is 4.48. The molecule has 0 aliphatic carbocycles. The maximum atomic E-state index is 13.9. The third-order valence-corrected chi connectivity index (χ3v) is 5.64. The van der Waals surface area contributed by atoms with Gasteiger partial charge in [-0.2, -0.15) is 0 Å². The number of hydrogen-bond acceptors (Lipinski definition) is 6. The first kappa shape index (κ1) is 22.9. The van der Waals surface area contributed by atoms with Crippen molar-refractivity contribution in [3.05, 3.63) is 59.8 Å². The molecule has 0 saturated carbocycles. The van der Waals surface area contributed by atoms with E-state index < -0.39 is 5.91 Å². The van der Waals surface area contributed by atoms with E-state index in [1.54, 1.807) is 31.4 Å². The van der Waals surface area contributed by atoms with Crippen molar-refractivity contribution in [2.24, 2.45) is 0 Å². The number of ether oxygens (including phenoxy) is 3. The molecule has 7 heteroatoms. The number of methoxy groups -OCH3 is 1. The van der Waals surface area contributed by atoms with Crippen molar-refractivity contribution in [3.63, 3.8) is 0 Å². The summed E-state index contributed by atoms with van der Waals surface area (Å²) in [6, 6.07) is 14.4. The number of benzene rings is 2. The van der Waals surface area contributed by atoms with Crippen LogP contribution in [0.15, 0.2) is 54.2 Å². The second-order valence-electron chi connectivity index (χ2n) is 8.67. The SMILES string of the molecule is COc1ccccc1C1=C(N2CC(C)OC(C)C2)C(=O)N(c2ccccc2OC(C)C)C1=O. The van der Waals surface area contributed by atoms with Crippen LogP contribution in [0.3, 0.4) is 0 Å². The second-order valence-corrected chi connectivity index (χ2v) is 8.67. The van der Waals surface area contributed by atoms with Crippen LogP contribution in [-0.2, 0) is 14.3 Å². The van der Waals surface area contributed by atoms with E-state index in [0.29, 0.717) is 47.1 Å². The third-order valence-electron chi connectivity index (χ3n) is 5.64. The number of nitrogens with zero attached hydrogens (tertiary/aromatic N) is 2. The van der Waals surface area contributed by atoms with Gasteiger partial charge in [0.1, 0.15) is 17.2 Å². The van der Waals surface area contributed by atoms with E-state index in [9.17, 15) is 9.59 Å². The summed E-state index contributed by atoms with van der Waals surface area (Å²) in [4.78, 5) is 31.0. The number of rotatable bonds is 6. The Hall–Kier alpha value is -3.32. The van der Waals surface area contributed by atoms with E-state index >= 15 is 0 Å². The number of carbonyl (C=O) groups excluding carboxylic acids is 2. The lowest BCUT2D eigenvalue weighted by Crippen LogP contribution is -2.47. The maximum Gasteiger partial charge on any atom is 0.282 e. The summed E-state index contributed by atoms with van der Waals surface area (Å²) in [5.41, 5.74) is 1.71.